The van der Waals surface area contributed by atoms with Gasteiger partial charge in [0.1, 0.15) is 0 Å². The Balaban J connectivity index is 1.91. The van der Waals surface area contributed by atoms with E-state index in [0.717, 1.165) is 18.9 Å². The van der Waals surface area contributed by atoms with Gasteiger partial charge in [0.25, 0.3) is 0 Å². The van der Waals surface area contributed by atoms with Crippen molar-refractivity contribution in [3.63, 3.8) is 0 Å². The summed E-state index contributed by atoms with van der Waals surface area (Å²) >= 11 is 0. The molecule has 1 N–H and O–H groups in total. The van der Waals surface area contributed by atoms with Crippen molar-refractivity contribution in [2.24, 2.45) is 17.8 Å². The second-order valence-corrected chi connectivity index (χ2v) is 5.62. The first kappa shape index (κ1) is 11.4. The van der Waals surface area contributed by atoms with E-state index in [4.69, 9.17) is 4.74 Å². The van der Waals surface area contributed by atoms with Crippen molar-refractivity contribution in [3.8, 4) is 0 Å². The van der Waals surface area contributed by atoms with E-state index in [1.165, 1.54) is 25.7 Å². The Kier molecular flexibility index (Phi) is 3.68. The fraction of sp³-hybridized carbons (Fsp3) is 1.00. The Morgan fingerprint density at radius 1 is 1.20 bits per heavy atom. The second-order valence-electron chi connectivity index (χ2n) is 5.62. The molecule has 2 fully saturated rings. The van der Waals surface area contributed by atoms with E-state index in [9.17, 15) is 5.11 Å². The molecule has 2 rings (SSSR count). The van der Waals surface area contributed by atoms with Crippen molar-refractivity contribution in [2.75, 3.05) is 6.61 Å². The summed E-state index contributed by atoms with van der Waals surface area (Å²) < 4.78 is 5.67. The van der Waals surface area contributed by atoms with Crippen LogP contribution < -0.4 is 0 Å². The van der Waals surface area contributed by atoms with Gasteiger partial charge >= 0.3 is 0 Å². The number of hydrogen-bond acceptors (Lipinski definition) is 2. The van der Waals surface area contributed by atoms with Crippen LogP contribution in [0.5, 0.6) is 0 Å². The first-order chi connectivity index (χ1) is 7.18. The van der Waals surface area contributed by atoms with Gasteiger partial charge in [-0.3, -0.25) is 0 Å². The van der Waals surface area contributed by atoms with Gasteiger partial charge in [0.05, 0.1) is 12.2 Å². The fourth-order valence-electron chi connectivity index (χ4n) is 3.21. The number of ether oxygens (including phenoxy) is 1. The van der Waals surface area contributed by atoms with Gasteiger partial charge < -0.3 is 9.84 Å². The lowest BCUT2D eigenvalue weighted by atomic mass is 9.77. The van der Waals surface area contributed by atoms with Crippen LogP contribution >= 0.6 is 0 Å². The molecule has 0 spiro atoms. The molecule has 5 unspecified atom stereocenters. The smallest absolute Gasteiger partial charge is 0.0862 e. The maximum atomic E-state index is 10.3. The van der Waals surface area contributed by atoms with Crippen LogP contribution in [0.15, 0.2) is 0 Å². The predicted octanol–water partition coefficient (Wildman–Crippen LogP) is 2.60. The molecule has 88 valence electrons. The van der Waals surface area contributed by atoms with Crippen molar-refractivity contribution < 1.29 is 9.84 Å². The topological polar surface area (TPSA) is 29.5 Å². The van der Waals surface area contributed by atoms with Crippen LogP contribution in [0.4, 0.5) is 0 Å². The Bertz CT molecular complexity index is 205. The summed E-state index contributed by atoms with van der Waals surface area (Å²) in [5, 5.41) is 10.3. The molecule has 2 aliphatic rings. The van der Waals surface area contributed by atoms with E-state index in [0.29, 0.717) is 11.8 Å². The molecule has 0 aromatic rings. The van der Waals surface area contributed by atoms with Crippen molar-refractivity contribution >= 4 is 0 Å². The highest BCUT2D eigenvalue weighted by atomic mass is 16.5. The Hall–Kier alpha value is -0.0800. The summed E-state index contributed by atoms with van der Waals surface area (Å²) in [5.74, 6) is 1.81. The standard InChI is InChI=1S/C13H24O2/c1-9-4-3-5-11(8-9)12(14)13-10(2)6-7-15-13/h9-14H,3-8H2,1-2H3. The van der Waals surface area contributed by atoms with Gasteiger partial charge in [-0.2, -0.15) is 0 Å². The van der Waals surface area contributed by atoms with Crippen molar-refractivity contribution in [2.45, 2.75) is 58.2 Å². The van der Waals surface area contributed by atoms with Gasteiger partial charge in [0.2, 0.25) is 0 Å². The molecule has 0 bridgehead atoms. The van der Waals surface area contributed by atoms with Gasteiger partial charge in [-0.05, 0) is 37.0 Å². The van der Waals surface area contributed by atoms with Crippen LogP contribution in [-0.2, 0) is 4.74 Å². The first-order valence-electron chi connectivity index (χ1n) is 6.48. The zero-order valence-corrected chi connectivity index (χ0v) is 9.98. The van der Waals surface area contributed by atoms with Gasteiger partial charge in [0.15, 0.2) is 0 Å². The molecular weight excluding hydrogens is 188 g/mol. The zero-order chi connectivity index (χ0) is 10.8. The van der Waals surface area contributed by atoms with Crippen molar-refractivity contribution in [3.05, 3.63) is 0 Å². The van der Waals surface area contributed by atoms with Crippen LogP contribution in [0, 0.1) is 17.8 Å². The van der Waals surface area contributed by atoms with Crippen molar-refractivity contribution in [1.82, 2.24) is 0 Å². The Morgan fingerprint density at radius 3 is 2.60 bits per heavy atom. The molecule has 1 aliphatic heterocycles. The monoisotopic (exact) mass is 212 g/mol. The normalized spacial score (nSPS) is 44.2. The van der Waals surface area contributed by atoms with E-state index in [1.54, 1.807) is 0 Å². The highest BCUT2D eigenvalue weighted by Gasteiger charge is 2.36. The third-order valence-corrected chi connectivity index (χ3v) is 4.24. The molecule has 15 heavy (non-hydrogen) atoms. The lowest BCUT2D eigenvalue weighted by Crippen LogP contribution is -2.38. The molecule has 2 heteroatoms. The SMILES string of the molecule is CC1CCCC(C(O)C2OCCC2C)C1. The molecule has 1 heterocycles. The largest absolute Gasteiger partial charge is 0.390 e. The summed E-state index contributed by atoms with van der Waals surface area (Å²) in [6, 6.07) is 0. The molecule has 0 aromatic carbocycles. The third kappa shape index (κ3) is 2.54. The van der Waals surface area contributed by atoms with Gasteiger partial charge in [-0.25, -0.2) is 0 Å². The molecule has 5 atom stereocenters. The Morgan fingerprint density at radius 2 is 2.00 bits per heavy atom. The van der Waals surface area contributed by atoms with Crippen LogP contribution in [0.2, 0.25) is 0 Å². The number of hydrogen-bond donors (Lipinski definition) is 1. The average Bonchev–Trinajstić information content (AvgIpc) is 2.63. The lowest BCUT2D eigenvalue weighted by molar-refractivity contribution is -0.0568. The molecular formula is C13H24O2. The summed E-state index contributed by atoms with van der Waals surface area (Å²) in [6.45, 7) is 5.34. The van der Waals surface area contributed by atoms with E-state index < -0.39 is 0 Å². The van der Waals surface area contributed by atoms with E-state index in [-0.39, 0.29) is 12.2 Å². The lowest BCUT2D eigenvalue weighted by Gasteiger charge is -2.34. The number of aliphatic hydroxyl groups excluding tert-OH is 1. The summed E-state index contributed by atoms with van der Waals surface area (Å²) in [4.78, 5) is 0. The quantitative estimate of drug-likeness (QED) is 0.762. The summed E-state index contributed by atoms with van der Waals surface area (Å²) in [6.07, 6.45) is 6.01. The highest BCUT2D eigenvalue weighted by Crippen LogP contribution is 2.35. The average molecular weight is 212 g/mol. The highest BCUT2D eigenvalue weighted by molar-refractivity contribution is 4.86. The van der Waals surface area contributed by atoms with Gasteiger partial charge in [-0.1, -0.05) is 26.7 Å². The molecule has 2 nitrogen and oxygen atoms in total. The predicted molar refractivity (Wildman–Crippen MR) is 60.6 cm³/mol. The third-order valence-electron chi connectivity index (χ3n) is 4.24. The molecule has 0 aromatic heterocycles. The molecule has 1 saturated carbocycles. The molecule has 1 aliphatic carbocycles. The van der Waals surface area contributed by atoms with Crippen LogP contribution in [0.3, 0.4) is 0 Å². The first-order valence-corrected chi connectivity index (χ1v) is 6.48. The molecule has 0 amide bonds. The van der Waals surface area contributed by atoms with Crippen molar-refractivity contribution in [1.29, 1.82) is 0 Å². The maximum Gasteiger partial charge on any atom is 0.0862 e. The fourth-order valence-corrected chi connectivity index (χ4v) is 3.21. The Labute approximate surface area is 93.0 Å². The minimum atomic E-state index is -0.217. The maximum absolute atomic E-state index is 10.3. The van der Waals surface area contributed by atoms with E-state index in [2.05, 4.69) is 13.8 Å². The second kappa shape index (κ2) is 4.84. The molecule has 0 radical (unpaired) electrons. The number of aliphatic hydroxyl groups is 1. The minimum absolute atomic E-state index is 0.111. The minimum Gasteiger partial charge on any atom is -0.390 e. The van der Waals surface area contributed by atoms with Crippen LogP contribution in [0.25, 0.3) is 0 Å². The summed E-state index contributed by atoms with van der Waals surface area (Å²) in [7, 11) is 0. The summed E-state index contributed by atoms with van der Waals surface area (Å²) in [5.41, 5.74) is 0. The van der Waals surface area contributed by atoms with E-state index in [1.807, 2.05) is 0 Å². The zero-order valence-electron chi connectivity index (χ0n) is 9.98. The molecule has 1 saturated heterocycles. The van der Waals surface area contributed by atoms with Gasteiger partial charge in [0, 0.05) is 6.61 Å². The van der Waals surface area contributed by atoms with E-state index >= 15 is 0 Å². The number of rotatable bonds is 2. The van der Waals surface area contributed by atoms with Crippen LogP contribution in [-0.4, -0.2) is 23.9 Å². The van der Waals surface area contributed by atoms with Crippen LogP contribution in [0.1, 0.15) is 46.0 Å². The van der Waals surface area contributed by atoms with Gasteiger partial charge in [-0.15, -0.1) is 0 Å².